The minimum atomic E-state index is -3.51. The molecule has 1 aromatic carbocycles. The van der Waals surface area contributed by atoms with Crippen LogP contribution in [-0.2, 0) is 14.8 Å². The number of rotatable bonds is 8. The Bertz CT molecular complexity index is 582. The number of nitrogens with one attached hydrogen (secondary N) is 2. The highest BCUT2D eigenvalue weighted by molar-refractivity contribution is 7.89. The highest BCUT2D eigenvalue weighted by atomic mass is 32.2. The van der Waals surface area contributed by atoms with E-state index in [-0.39, 0.29) is 17.4 Å². The lowest BCUT2D eigenvalue weighted by Gasteiger charge is -2.12. The van der Waals surface area contributed by atoms with Gasteiger partial charge < -0.3 is 10.4 Å². The molecule has 1 aliphatic carbocycles. The average Bonchev–Trinajstić information content (AvgIpc) is 3.18. The lowest BCUT2D eigenvalue weighted by Crippen LogP contribution is -2.26. The molecular weight excluding hydrogens is 280 g/mol. The first kappa shape index (κ1) is 14.8. The summed E-state index contributed by atoms with van der Waals surface area (Å²) in [7, 11) is -3.51. The lowest BCUT2D eigenvalue weighted by molar-refractivity contribution is -0.137. The molecule has 110 valence electrons. The predicted molar refractivity (Wildman–Crippen MR) is 75.1 cm³/mol. The molecule has 20 heavy (non-hydrogen) atoms. The van der Waals surface area contributed by atoms with Crippen LogP contribution in [-0.4, -0.2) is 32.1 Å². The van der Waals surface area contributed by atoms with Crippen molar-refractivity contribution in [1.29, 1.82) is 0 Å². The Labute approximate surface area is 118 Å². The summed E-state index contributed by atoms with van der Waals surface area (Å²) in [4.78, 5) is 10.6. The van der Waals surface area contributed by atoms with Crippen LogP contribution in [0, 0.1) is 0 Å². The Hall–Kier alpha value is -1.60. The molecule has 0 atom stereocenters. The van der Waals surface area contributed by atoms with Gasteiger partial charge in [-0.1, -0.05) is 12.1 Å². The Kier molecular flexibility index (Phi) is 4.61. The van der Waals surface area contributed by atoms with E-state index in [1.54, 1.807) is 24.3 Å². The maximum atomic E-state index is 12.2. The summed E-state index contributed by atoms with van der Waals surface area (Å²) < 4.78 is 27.0. The third-order valence-electron chi connectivity index (χ3n) is 2.96. The van der Waals surface area contributed by atoms with Crippen LogP contribution >= 0.6 is 0 Å². The van der Waals surface area contributed by atoms with Crippen molar-refractivity contribution in [2.45, 2.75) is 36.6 Å². The van der Waals surface area contributed by atoms with E-state index in [1.807, 2.05) is 0 Å². The number of sulfonamides is 1. The van der Waals surface area contributed by atoms with Crippen LogP contribution in [0.3, 0.4) is 0 Å². The van der Waals surface area contributed by atoms with Gasteiger partial charge in [0.2, 0.25) is 10.0 Å². The molecule has 0 saturated heterocycles. The molecule has 0 aromatic heterocycles. The van der Waals surface area contributed by atoms with Crippen molar-refractivity contribution in [2.75, 3.05) is 11.9 Å². The smallest absolute Gasteiger partial charge is 0.303 e. The maximum Gasteiger partial charge on any atom is 0.303 e. The second-order valence-corrected chi connectivity index (χ2v) is 6.50. The molecule has 0 heterocycles. The number of hydrogen-bond acceptors (Lipinski definition) is 4. The summed E-state index contributed by atoms with van der Waals surface area (Å²) >= 11 is 0. The summed E-state index contributed by atoms with van der Waals surface area (Å²) in [6.45, 7) is 0.419. The summed E-state index contributed by atoms with van der Waals surface area (Å²) in [5.41, 5.74) is 0.506. The Morgan fingerprint density at radius 1 is 1.30 bits per heavy atom. The van der Waals surface area contributed by atoms with E-state index in [1.165, 1.54) is 0 Å². The SMILES string of the molecule is O=C(O)CCCNc1ccccc1S(=O)(=O)NC1CC1. The number of hydrogen-bond donors (Lipinski definition) is 3. The molecule has 2 rings (SSSR count). The largest absolute Gasteiger partial charge is 0.481 e. The fraction of sp³-hybridized carbons (Fsp3) is 0.462. The molecule has 0 bridgehead atoms. The number of aliphatic carboxylic acids is 1. The third-order valence-corrected chi connectivity index (χ3v) is 4.54. The van der Waals surface area contributed by atoms with Gasteiger partial charge in [-0.2, -0.15) is 0 Å². The van der Waals surface area contributed by atoms with Crippen LogP contribution in [0.2, 0.25) is 0 Å². The molecule has 0 spiro atoms. The molecule has 1 saturated carbocycles. The van der Waals surface area contributed by atoms with Gasteiger partial charge in [0.15, 0.2) is 0 Å². The van der Waals surface area contributed by atoms with Crippen LogP contribution in [0.5, 0.6) is 0 Å². The molecule has 3 N–H and O–H groups in total. The molecular formula is C13H18N2O4S. The summed E-state index contributed by atoms with van der Waals surface area (Å²) in [6, 6.07) is 6.70. The molecule has 1 aromatic rings. The van der Waals surface area contributed by atoms with Gasteiger partial charge in [0.1, 0.15) is 4.90 Å². The van der Waals surface area contributed by atoms with Gasteiger partial charge in [0.25, 0.3) is 0 Å². The second-order valence-electron chi connectivity index (χ2n) is 4.82. The molecule has 0 unspecified atom stereocenters. The fourth-order valence-electron chi connectivity index (χ4n) is 1.79. The van der Waals surface area contributed by atoms with E-state index in [4.69, 9.17) is 5.11 Å². The molecule has 0 radical (unpaired) electrons. The quantitative estimate of drug-likeness (QED) is 0.631. The van der Waals surface area contributed by atoms with E-state index in [0.29, 0.717) is 18.7 Å². The zero-order chi connectivity index (χ0) is 14.6. The van der Waals surface area contributed by atoms with Gasteiger partial charge >= 0.3 is 5.97 Å². The van der Waals surface area contributed by atoms with Gasteiger partial charge in [0.05, 0.1) is 5.69 Å². The topological polar surface area (TPSA) is 95.5 Å². The monoisotopic (exact) mass is 298 g/mol. The first-order chi connectivity index (χ1) is 9.49. The Morgan fingerprint density at radius 2 is 2.00 bits per heavy atom. The molecule has 1 fully saturated rings. The van der Waals surface area contributed by atoms with E-state index < -0.39 is 16.0 Å². The van der Waals surface area contributed by atoms with Crippen molar-refractivity contribution in [2.24, 2.45) is 0 Å². The van der Waals surface area contributed by atoms with Crippen LogP contribution in [0.25, 0.3) is 0 Å². The molecule has 0 amide bonds. The zero-order valence-electron chi connectivity index (χ0n) is 11.0. The number of carboxylic acid groups (broad SMARTS) is 1. The summed E-state index contributed by atoms with van der Waals surface area (Å²) in [6.07, 6.45) is 2.27. The van der Waals surface area contributed by atoms with Crippen molar-refractivity contribution >= 4 is 21.7 Å². The minimum absolute atomic E-state index is 0.0556. The van der Waals surface area contributed by atoms with Crippen molar-refractivity contribution in [3.63, 3.8) is 0 Å². The van der Waals surface area contributed by atoms with E-state index in [0.717, 1.165) is 12.8 Å². The lowest BCUT2D eigenvalue weighted by atomic mass is 10.3. The van der Waals surface area contributed by atoms with E-state index >= 15 is 0 Å². The van der Waals surface area contributed by atoms with Crippen molar-refractivity contribution < 1.29 is 18.3 Å². The van der Waals surface area contributed by atoms with Crippen molar-refractivity contribution in [3.05, 3.63) is 24.3 Å². The zero-order valence-corrected chi connectivity index (χ0v) is 11.8. The second kappa shape index (κ2) is 6.23. The Balaban J connectivity index is 2.03. The fourth-order valence-corrected chi connectivity index (χ4v) is 3.28. The maximum absolute atomic E-state index is 12.2. The number of carbonyl (C=O) groups is 1. The number of para-hydroxylation sites is 1. The van der Waals surface area contributed by atoms with Gasteiger partial charge in [-0.3, -0.25) is 4.79 Å². The average molecular weight is 298 g/mol. The van der Waals surface area contributed by atoms with Crippen molar-refractivity contribution in [3.8, 4) is 0 Å². The van der Waals surface area contributed by atoms with Crippen LogP contribution in [0.1, 0.15) is 25.7 Å². The van der Waals surface area contributed by atoms with Crippen LogP contribution in [0.4, 0.5) is 5.69 Å². The summed E-state index contributed by atoms with van der Waals surface area (Å²) in [5, 5.41) is 11.6. The molecule has 0 aliphatic heterocycles. The van der Waals surface area contributed by atoms with Gasteiger partial charge in [0, 0.05) is 19.0 Å². The standard InChI is InChI=1S/C13H18N2O4S/c16-13(17)6-3-9-14-11-4-1-2-5-12(11)20(18,19)15-10-7-8-10/h1-2,4-5,10,14-15H,3,6-9H2,(H,16,17). The van der Waals surface area contributed by atoms with Gasteiger partial charge in [-0.15, -0.1) is 0 Å². The minimum Gasteiger partial charge on any atom is -0.481 e. The molecule has 7 heteroatoms. The van der Waals surface area contributed by atoms with Gasteiger partial charge in [-0.25, -0.2) is 13.1 Å². The van der Waals surface area contributed by atoms with Crippen LogP contribution < -0.4 is 10.0 Å². The number of benzene rings is 1. The third kappa shape index (κ3) is 4.21. The molecule has 6 nitrogen and oxygen atoms in total. The van der Waals surface area contributed by atoms with Crippen LogP contribution in [0.15, 0.2) is 29.2 Å². The predicted octanol–water partition coefficient (Wildman–Crippen LogP) is 1.40. The number of carboxylic acids is 1. The Morgan fingerprint density at radius 3 is 2.65 bits per heavy atom. The van der Waals surface area contributed by atoms with E-state index in [9.17, 15) is 13.2 Å². The highest BCUT2D eigenvalue weighted by Crippen LogP contribution is 2.25. The highest BCUT2D eigenvalue weighted by Gasteiger charge is 2.29. The number of anilines is 1. The summed E-state index contributed by atoms with van der Waals surface area (Å²) in [5.74, 6) is -0.858. The van der Waals surface area contributed by atoms with Gasteiger partial charge in [-0.05, 0) is 31.4 Å². The normalized spacial score (nSPS) is 15.0. The first-order valence-electron chi connectivity index (χ1n) is 6.56. The first-order valence-corrected chi connectivity index (χ1v) is 8.04. The van der Waals surface area contributed by atoms with Crippen molar-refractivity contribution in [1.82, 2.24) is 4.72 Å². The molecule has 1 aliphatic rings. The van der Waals surface area contributed by atoms with E-state index in [2.05, 4.69) is 10.0 Å².